The quantitative estimate of drug-likeness (QED) is 0.220. The lowest BCUT2D eigenvalue weighted by atomic mass is 9.63. The predicted octanol–water partition coefficient (Wildman–Crippen LogP) is 8.68. The molecule has 0 fully saturated rings. The maximum Gasteiger partial charge on any atom is 0.339 e. The Bertz CT molecular complexity index is 1570. The fourth-order valence-electron chi connectivity index (χ4n) is 5.53. The van der Waals surface area contributed by atoms with E-state index in [9.17, 15) is 9.59 Å². The molecule has 0 unspecified atom stereocenters. The van der Waals surface area contributed by atoms with E-state index in [2.05, 4.69) is 61.8 Å². The molecule has 0 radical (unpaired) electrons. The van der Waals surface area contributed by atoms with Crippen molar-refractivity contribution >= 4 is 38.6 Å². The molecule has 0 bridgehead atoms. The van der Waals surface area contributed by atoms with Crippen LogP contribution in [-0.2, 0) is 20.3 Å². The molecule has 4 aromatic carbocycles. The van der Waals surface area contributed by atoms with Crippen LogP contribution in [0.4, 0.5) is 0 Å². The van der Waals surface area contributed by atoms with Gasteiger partial charge in [-0.2, -0.15) is 0 Å². The number of ether oxygens (including phenoxy) is 2. The van der Waals surface area contributed by atoms with Gasteiger partial charge in [-0.05, 0) is 99.2 Å². The second kappa shape index (κ2) is 10.3. The Hall–Kier alpha value is -3.44. The average molecular weight is 586 g/mol. The Kier molecular flexibility index (Phi) is 7.15. The molecule has 4 nitrogen and oxygen atoms in total. The maximum absolute atomic E-state index is 13.4. The van der Waals surface area contributed by atoms with Crippen molar-refractivity contribution in [3.8, 4) is 0 Å². The van der Waals surface area contributed by atoms with E-state index in [-0.39, 0.29) is 22.8 Å². The lowest BCUT2D eigenvalue weighted by molar-refractivity contribution is 0.0377. The molecular formula is C34H33BrO4. The summed E-state index contributed by atoms with van der Waals surface area (Å²) in [5, 5.41) is 1.86. The molecule has 5 rings (SSSR count). The molecule has 1 atom stereocenters. The summed E-state index contributed by atoms with van der Waals surface area (Å²) in [6.45, 7) is 9.20. The SMILES string of the molecule is COC(=O)c1ccc2cc([C@@H](OC(=O)c3ccc(Br)cc3)c3ccc4c(c3)C(C)(C)CCC4(C)C)ccc2c1. The molecule has 0 aromatic heterocycles. The molecule has 0 spiro atoms. The Morgan fingerprint density at radius 1 is 0.692 bits per heavy atom. The fraction of sp³-hybridized carbons (Fsp3) is 0.294. The van der Waals surface area contributed by atoms with Gasteiger partial charge in [-0.15, -0.1) is 0 Å². The highest BCUT2D eigenvalue weighted by atomic mass is 79.9. The Morgan fingerprint density at radius 2 is 1.26 bits per heavy atom. The second-order valence-electron chi connectivity index (χ2n) is 11.7. The fourth-order valence-corrected chi connectivity index (χ4v) is 5.80. The van der Waals surface area contributed by atoms with Crippen LogP contribution in [-0.4, -0.2) is 19.0 Å². The van der Waals surface area contributed by atoms with Crippen molar-refractivity contribution in [2.24, 2.45) is 0 Å². The first kappa shape index (κ1) is 27.1. The van der Waals surface area contributed by atoms with Crippen molar-refractivity contribution in [2.45, 2.75) is 57.5 Å². The third kappa shape index (κ3) is 5.38. The van der Waals surface area contributed by atoms with E-state index < -0.39 is 6.10 Å². The van der Waals surface area contributed by atoms with Crippen molar-refractivity contribution in [1.82, 2.24) is 0 Å². The lowest BCUT2D eigenvalue weighted by Crippen LogP contribution is -2.34. The van der Waals surface area contributed by atoms with Gasteiger partial charge in [0, 0.05) is 4.47 Å². The number of halogens is 1. The summed E-state index contributed by atoms with van der Waals surface area (Å²) in [6.07, 6.45) is 1.63. The van der Waals surface area contributed by atoms with Crippen LogP contribution in [0.3, 0.4) is 0 Å². The van der Waals surface area contributed by atoms with Crippen molar-refractivity contribution in [2.75, 3.05) is 7.11 Å². The zero-order chi connectivity index (χ0) is 27.9. The Labute approximate surface area is 238 Å². The Balaban J connectivity index is 1.61. The highest BCUT2D eigenvalue weighted by Gasteiger charge is 2.37. The topological polar surface area (TPSA) is 52.6 Å². The van der Waals surface area contributed by atoms with Crippen LogP contribution in [0, 0.1) is 0 Å². The number of carbonyl (C=O) groups is 2. The van der Waals surface area contributed by atoms with Gasteiger partial charge in [0.1, 0.15) is 0 Å². The number of hydrogen-bond donors (Lipinski definition) is 0. The molecule has 0 saturated carbocycles. The minimum Gasteiger partial charge on any atom is -0.465 e. The molecule has 0 amide bonds. The normalized spacial score (nSPS) is 16.3. The van der Waals surface area contributed by atoms with E-state index in [1.54, 1.807) is 18.2 Å². The number of methoxy groups -OCH3 is 1. The molecule has 39 heavy (non-hydrogen) atoms. The molecule has 200 valence electrons. The smallest absolute Gasteiger partial charge is 0.339 e. The maximum atomic E-state index is 13.4. The molecule has 0 heterocycles. The van der Waals surface area contributed by atoms with E-state index in [4.69, 9.17) is 9.47 Å². The summed E-state index contributed by atoms with van der Waals surface area (Å²) >= 11 is 3.43. The van der Waals surface area contributed by atoms with Gasteiger partial charge in [0.2, 0.25) is 0 Å². The number of esters is 2. The summed E-state index contributed by atoms with van der Waals surface area (Å²) in [5.74, 6) is -0.757. The third-order valence-electron chi connectivity index (χ3n) is 8.07. The highest BCUT2D eigenvalue weighted by molar-refractivity contribution is 9.10. The van der Waals surface area contributed by atoms with Crippen LogP contribution in [0.5, 0.6) is 0 Å². The zero-order valence-corrected chi connectivity index (χ0v) is 24.6. The standard InChI is InChI=1S/C34H33BrO4/c1-33(2)16-17-34(3,4)29-20-25(12-15-28(29)33)30(39-32(37)21-10-13-27(35)14-11-21)24-8-6-23-19-26(31(36)38-5)9-7-22(23)18-24/h6-15,18-20,30H,16-17H2,1-5H3/t30-/m1/s1. The largest absolute Gasteiger partial charge is 0.465 e. The number of fused-ring (bicyclic) bond motifs is 2. The van der Waals surface area contributed by atoms with E-state index in [0.717, 1.165) is 39.2 Å². The Morgan fingerprint density at radius 3 is 1.95 bits per heavy atom. The molecule has 5 heteroatoms. The summed E-state index contributed by atoms with van der Waals surface area (Å²) in [6, 6.07) is 25.2. The van der Waals surface area contributed by atoms with Gasteiger partial charge < -0.3 is 9.47 Å². The molecule has 0 N–H and O–H groups in total. The van der Waals surface area contributed by atoms with Crippen LogP contribution in [0.25, 0.3) is 10.8 Å². The van der Waals surface area contributed by atoms with Gasteiger partial charge in [-0.25, -0.2) is 9.59 Å². The average Bonchev–Trinajstić information content (AvgIpc) is 2.93. The van der Waals surface area contributed by atoms with Crippen LogP contribution in [0.1, 0.15) is 89.6 Å². The zero-order valence-electron chi connectivity index (χ0n) is 23.0. The van der Waals surface area contributed by atoms with Gasteiger partial charge >= 0.3 is 11.9 Å². The summed E-state index contributed by atoms with van der Waals surface area (Å²) in [7, 11) is 1.38. The molecule has 1 aliphatic rings. The molecule has 0 saturated heterocycles. The number of hydrogen-bond acceptors (Lipinski definition) is 4. The van der Waals surface area contributed by atoms with Gasteiger partial charge in [0.15, 0.2) is 6.10 Å². The van der Waals surface area contributed by atoms with Crippen molar-refractivity contribution in [1.29, 1.82) is 0 Å². The minimum absolute atomic E-state index is 0.0226. The minimum atomic E-state index is -0.600. The van der Waals surface area contributed by atoms with E-state index in [0.29, 0.717) is 11.1 Å². The van der Waals surface area contributed by atoms with Crippen LogP contribution in [0.15, 0.2) is 83.3 Å². The predicted molar refractivity (Wildman–Crippen MR) is 158 cm³/mol. The molecule has 0 aliphatic heterocycles. The van der Waals surface area contributed by atoms with E-state index >= 15 is 0 Å². The second-order valence-corrected chi connectivity index (χ2v) is 12.6. The van der Waals surface area contributed by atoms with Crippen LogP contribution < -0.4 is 0 Å². The monoisotopic (exact) mass is 584 g/mol. The highest BCUT2D eigenvalue weighted by Crippen LogP contribution is 2.47. The first-order valence-electron chi connectivity index (χ1n) is 13.2. The molecule has 4 aromatic rings. The van der Waals surface area contributed by atoms with Gasteiger partial charge in [-0.1, -0.05) is 80.0 Å². The van der Waals surface area contributed by atoms with Crippen LogP contribution >= 0.6 is 15.9 Å². The molecule has 1 aliphatic carbocycles. The summed E-state index contributed by atoms with van der Waals surface area (Å²) in [5.41, 5.74) is 5.57. The number of carbonyl (C=O) groups excluding carboxylic acids is 2. The number of rotatable bonds is 5. The van der Waals surface area contributed by atoms with Crippen molar-refractivity contribution < 1.29 is 19.1 Å². The van der Waals surface area contributed by atoms with Gasteiger partial charge in [0.05, 0.1) is 18.2 Å². The van der Waals surface area contributed by atoms with Crippen molar-refractivity contribution in [3.05, 3.63) is 117 Å². The first-order valence-corrected chi connectivity index (χ1v) is 14.0. The molecular weight excluding hydrogens is 552 g/mol. The summed E-state index contributed by atoms with van der Waals surface area (Å²) in [4.78, 5) is 25.4. The third-order valence-corrected chi connectivity index (χ3v) is 8.60. The van der Waals surface area contributed by atoms with E-state index in [1.807, 2.05) is 42.5 Å². The van der Waals surface area contributed by atoms with Crippen molar-refractivity contribution in [3.63, 3.8) is 0 Å². The van der Waals surface area contributed by atoms with Crippen LogP contribution in [0.2, 0.25) is 0 Å². The van der Waals surface area contributed by atoms with E-state index in [1.165, 1.54) is 18.2 Å². The van der Waals surface area contributed by atoms with Gasteiger partial charge in [-0.3, -0.25) is 0 Å². The first-order chi connectivity index (χ1) is 18.5. The number of benzene rings is 4. The lowest BCUT2D eigenvalue weighted by Gasteiger charge is -2.42. The van der Waals surface area contributed by atoms with Gasteiger partial charge in [0.25, 0.3) is 0 Å². The summed E-state index contributed by atoms with van der Waals surface area (Å²) < 4.78 is 12.0.